The average molecular weight is 456 g/mol. The van der Waals surface area contributed by atoms with Crippen LogP contribution in [0, 0.1) is 0 Å². The summed E-state index contributed by atoms with van der Waals surface area (Å²) in [5.41, 5.74) is 0.507. The predicted octanol–water partition coefficient (Wildman–Crippen LogP) is 4.37. The number of carbonyl (C=O) groups is 4. The second-order valence-corrected chi connectivity index (χ2v) is 7.29. The van der Waals surface area contributed by atoms with Gasteiger partial charge in [-0.1, -0.05) is 42.5 Å². The first kappa shape index (κ1) is 22.5. The van der Waals surface area contributed by atoms with E-state index in [1.54, 1.807) is 73.7 Å². The minimum atomic E-state index is -1.21. The third-order valence-corrected chi connectivity index (χ3v) is 5.12. The molecule has 1 heterocycles. The van der Waals surface area contributed by atoms with Crippen LogP contribution in [0.1, 0.15) is 22.8 Å². The molecule has 0 unspecified atom stereocenters. The molecule has 34 heavy (non-hydrogen) atoms. The van der Waals surface area contributed by atoms with Gasteiger partial charge in [0.1, 0.15) is 16.9 Å². The highest BCUT2D eigenvalue weighted by Crippen LogP contribution is 2.30. The standard InChI is InChI=1S/C26H20N2O6/c1-2-34-22-14-13-17(15-20(22)25(31)32)16-21-23(29)27(18-9-5-3-6-10-18)26(33)28(24(21)30)19-11-7-4-8-12-19/h3-16H,2H2,1H3,(H,31,32). The van der Waals surface area contributed by atoms with E-state index in [9.17, 15) is 24.3 Å². The highest BCUT2D eigenvalue weighted by atomic mass is 16.5. The van der Waals surface area contributed by atoms with Crippen molar-refractivity contribution in [1.29, 1.82) is 0 Å². The first-order chi connectivity index (χ1) is 16.4. The van der Waals surface area contributed by atoms with Crippen molar-refractivity contribution in [2.24, 2.45) is 0 Å². The summed E-state index contributed by atoms with van der Waals surface area (Å²) in [7, 11) is 0. The van der Waals surface area contributed by atoms with Gasteiger partial charge >= 0.3 is 12.0 Å². The van der Waals surface area contributed by atoms with E-state index >= 15 is 0 Å². The molecule has 0 radical (unpaired) electrons. The van der Waals surface area contributed by atoms with Gasteiger partial charge in [0, 0.05) is 0 Å². The van der Waals surface area contributed by atoms with E-state index in [-0.39, 0.29) is 23.5 Å². The topological polar surface area (TPSA) is 104 Å². The number of hydrogen-bond donors (Lipinski definition) is 1. The van der Waals surface area contributed by atoms with Crippen molar-refractivity contribution in [3.05, 3.63) is 95.6 Å². The monoisotopic (exact) mass is 456 g/mol. The van der Waals surface area contributed by atoms with Gasteiger partial charge in [-0.05, 0) is 55.0 Å². The zero-order valence-corrected chi connectivity index (χ0v) is 18.2. The number of nitrogens with zero attached hydrogens (tertiary/aromatic N) is 2. The summed E-state index contributed by atoms with van der Waals surface area (Å²) >= 11 is 0. The Balaban J connectivity index is 1.85. The number of barbiturate groups is 1. The molecule has 8 heteroatoms. The summed E-state index contributed by atoms with van der Waals surface area (Å²) in [6.45, 7) is 2.01. The van der Waals surface area contributed by atoms with Crippen LogP contribution in [0.25, 0.3) is 6.08 Å². The van der Waals surface area contributed by atoms with Crippen molar-refractivity contribution in [3.63, 3.8) is 0 Å². The first-order valence-electron chi connectivity index (χ1n) is 10.5. The summed E-state index contributed by atoms with van der Waals surface area (Å²) in [6, 6.07) is 20.1. The van der Waals surface area contributed by atoms with Gasteiger partial charge in [0.05, 0.1) is 18.0 Å². The van der Waals surface area contributed by atoms with Gasteiger partial charge in [-0.3, -0.25) is 9.59 Å². The van der Waals surface area contributed by atoms with Gasteiger partial charge < -0.3 is 9.84 Å². The molecule has 0 bridgehead atoms. The molecule has 1 aliphatic rings. The smallest absolute Gasteiger partial charge is 0.343 e. The van der Waals surface area contributed by atoms with Gasteiger partial charge in [-0.2, -0.15) is 0 Å². The first-order valence-corrected chi connectivity index (χ1v) is 10.5. The third kappa shape index (κ3) is 4.16. The molecule has 0 atom stereocenters. The van der Waals surface area contributed by atoms with Crippen molar-refractivity contribution in [2.75, 3.05) is 16.4 Å². The number of urea groups is 1. The van der Waals surface area contributed by atoms with Crippen LogP contribution in [0.2, 0.25) is 0 Å². The van der Waals surface area contributed by atoms with Gasteiger partial charge in [0.25, 0.3) is 11.8 Å². The normalized spacial score (nSPS) is 13.8. The Morgan fingerprint density at radius 2 is 1.38 bits per heavy atom. The molecular weight excluding hydrogens is 436 g/mol. The second-order valence-electron chi connectivity index (χ2n) is 7.29. The Morgan fingerprint density at radius 1 is 0.853 bits per heavy atom. The number of para-hydroxylation sites is 2. The molecule has 3 aromatic carbocycles. The number of imide groups is 2. The zero-order chi connectivity index (χ0) is 24.2. The maximum Gasteiger partial charge on any atom is 0.343 e. The van der Waals surface area contributed by atoms with Gasteiger partial charge in [-0.25, -0.2) is 19.4 Å². The minimum Gasteiger partial charge on any atom is -0.493 e. The number of benzene rings is 3. The van der Waals surface area contributed by atoms with Gasteiger partial charge in [-0.15, -0.1) is 0 Å². The van der Waals surface area contributed by atoms with Crippen molar-refractivity contribution in [1.82, 2.24) is 0 Å². The highest BCUT2D eigenvalue weighted by molar-refractivity contribution is 6.46. The van der Waals surface area contributed by atoms with E-state index in [1.807, 2.05) is 0 Å². The van der Waals surface area contributed by atoms with Crippen LogP contribution in [0.15, 0.2) is 84.4 Å². The molecule has 0 saturated carbocycles. The summed E-state index contributed by atoms with van der Waals surface area (Å²) < 4.78 is 5.35. The average Bonchev–Trinajstić information content (AvgIpc) is 2.84. The SMILES string of the molecule is CCOc1ccc(C=C2C(=O)N(c3ccccc3)C(=O)N(c3ccccc3)C2=O)cc1C(=O)O. The lowest BCUT2D eigenvalue weighted by Gasteiger charge is -2.33. The van der Waals surface area contributed by atoms with Crippen LogP contribution in [-0.2, 0) is 9.59 Å². The number of carbonyl (C=O) groups excluding carboxylic acids is 3. The zero-order valence-electron chi connectivity index (χ0n) is 18.2. The van der Waals surface area contributed by atoms with E-state index < -0.39 is 23.8 Å². The van der Waals surface area contributed by atoms with Crippen LogP contribution >= 0.6 is 0 Å². The number of amides is 4. The van der Waals surface area contributed by atoms with Crippen molar-refractivity contribution >= 4 is 41.3 Å². The maximum absolute atomic E-state index is 13.4. The number of hydrogen-bond acceptors (Lipinski definition) is 5. The highest BCUT2D eigenvalue weighted by Gasteiger charge is 2.43. The Morgan fingerprint density at radius 3 is 1.85 bits per heavy atom. The molecule has 8 nitrogen and oxygen atoms in total. The molecule has 0 aliphatic carbocycles. The van der Waals surface area contributed by atoms with Crippen molar-refractivity contribution < 1.29 is 29.0 Å². The number of aromatic carboxylic acids is 1. The van der Waals surface area contributed by atoms with E-state index in [4.69, 9.17) is 4.74 Å². The predicted molar refractivity (Wildman–Crippen MR) is 126 cm³/mol. The molecule has 4 rings (SSSR count). The van der Waals surface area contributed by atoms with Crippen LogP contribution < -0.4 is 14.5 Å². The molecule has 3 aromatic rings. The fourth-order valence-electron chi connectivity index (χ4n) is 3.59. The number of ether oxygens (including phenoxy) is 1. The Labute approximate surface area is 195 Å². The van der Waals surface area contributed by atoms with Crippen LogP contribution in [0.3, 0.4) is 0 Å². The quantitative estimate of drug-likeness (QED) is 0.436. The second kappa shape index (κ2) is 9.41. The van der Waals surface area contributed by atoms with Crippen LogP contribution in [0.4, 0.5) is 16.2 Å². The molecule has 0 spiro atoms. The molecule has 1 N–H and O–H groups in total. The molecule has 170 valence electrons. The number of carboxylic acids is 1. The maximum atomic E-state index is 13.4. The fourth-order valence-corrected chi connectivity index (χ4v) is 3.59. The fraction of sp³-hybridized carbons (Fsp3) is 0.0769. The van der Waals surface area contributed by atoms with E-state index in [2.05, 4.69) is 0 Å². The van der Waals surface area contributed by atoms with E-state index in [0.29, 0.717) is 16.9 Å². The van der Waals surface area contributed by atoms with Gasteiger partial charge in [0.15, 0.2) is 0 Å². The molecule has 1 fully saturated rings. The molecule has 1 aliphatic heterocycles. The van der Waals surface area contributed by atoms with Crippen LogP contribution in [-0.4, -0.2) is 35.5 Å². The molecule has 1 saturated heterocycles. The lowest BCUT2D eigenvalue weighted by molar-refractivity contribution is -0.121. The van der Waals surface area contributed by atoms with Crippen molar-refractivity contribution in [3.8, 4) is 5.75 Å². The Kier molecular flexibility index (Phi) is 6.22. The van der Waals surface area contributed by atoms with Gasteiger partial charge in [0.2, 0.25) is 0 Å². The Hall–Kier alpha value is -4.72. The molecule has 0 aromatic heterocycles. The van der Waals surface area contributed by atoms with E-state index in [1.165, 1.54) is 18.2 Å². The number of carboxylic acid groups (broad SMARTS) is 1. The van der Waals surface area contributed by atoms with Crippen LogP contribution in [0.5, 0.6) is 5.75 Å². The summed E-state index contributed by atoms with van der Waals surface area (Å²) in [5, 5.41) is 9.55. The Bertz CT molecular complexity index is 1240. The lowest BCUT2D eigenvalue weighted by atomic mass is 10.0. The summed E-state index contributed by atoms with van der Waals surface area (Å²) in [6.07, 6.45) is 1.28. The molecular formula is C26H20N2O6. The third-order valence-electron chi connectivity index (χ3n) is 5.12. The van der Waals surface area contributed by atoms with Crippen molar-refractivity contribution in [2.45, 2.75) is 6.92 Å². The largest absolute Gasteiger partial charge is 0.493 e. The summed E-state index contributed by atoms with van der Waals surface area (Å²) in [4.78, 5) is 53.6. The lowest BCUT2D eigenvalue weighted by Crippen LogP contribution is -2.57. The molecule has 4 amide bonds. The number of anilines is 2. The van der Waals surface area contributed by atoms with E-state index in [0.717, 1.165) is 9.80 Å². The minimum absolute atomic E-state index is 0.109. The number of rotatable bonds is 6. The summed E-state index contributed by atoms with van der Waals surface area (Å²) in [5.74, 6) is -2.65.